The summed E-state index contributed by atoms with van der Waals surface area (Å²) in [5.74, 6) is -0.564. The zero-order chi connectivity index (χ0) is 22.5. The molecule has 0 saturated heterocycles. The third-order valence-electron chi connectivity index (χ3n) is 4.79. The van der Waals surface area contributed by atoms with Crippen molar-refractivity contribution in [2.75, 3.05) is 5.32 Å². The molecule has 0 aliphatic rings. The molecule has 1 heterocycles. The van der Waals surface area contributed by atoms with Crippen LogP contribution in [0.3, 0.4) is 0 Å². The predicted octanol–water partition coefficient (Wildman–Crippen LogP) is 3.73. The molecular weight excluding hydrogens is 394 g/mol. The van der Waals surface area contributed by atoms with Crippen molar-refractivity contribution >= 4 is 23.3 Å². The SMILES string of the molecule is CC(=O)c1ccc(-n2cc[n+]([C@@H](C)C(=O)Nc3ccc(C(=O)OC(C)C)cc3)c2)cc1. The number of benzene rings is 2. The molecule has 7 heteroatoms. The zero-order valence-corrected chi connectivity index (χ0v) is 18.0. The first-order valence-electron chi connectivity index (χ1n) is 10.1. The summed E-state index contributed by atoms with van der Waals surface area (Å²) in [6, 6.07) is 13.4. The lowest BCUT2D eigenvalue weighted by molar-refractivity contribution is -0.704. The molecule has 0 aliphatic heterocycles. The average molecular weight is 420 g/mol. The van der Waals surface area contributed by atoms with E-state index in [1.54, 1.807) is 61.7 Å². The third kappa shape index (κ3) is 5.45. The molecule has 1 aromatic heterocycles. The van der Waals surface area contributed by atoms with Crippen LogP contribution in [0.4, 0.5) is 5.69 Å². The Morgan fingerprint density at radius 2 is 1.55 bits per heavy atom. The highest BCUT2D eigenvalue weighted by atomic mass is 16.5. The van der Waals surface area contributed by atoms with Crippen LogP contribution in [-0.2, 0) is 9.53 Å². The molecule has 1 amide bonds. The van der Waals surface area contributed by atoms with Crippen molar-refractivity contribution in [2.45, 2.75) is 39.8 Å². The topological polar surface area (TPSA) is 81.3 Å². The van der Waals surface area contributed by atoms with Gasteiger partial charge in [0, 0.05) is 11.3 Å². The van der Waals surface area contributed by atoms with Crippen LogP contribution in [0.5, 0.6) is 0 Å². The number of aromatic nitrogens is 2. The fourth-order valence-electron chi connectivity index (χ4n) is 2.97. The van der Waals surface area contributed by atoms with Gasteiger partial charge in [-0.1, -0.05) is 0 Å². The number of imidazole rings is 1. The van der Waals surface area contributed by atoms with Crippen molar-refractivity contribution in [3.63, 3.8) is 0 Å². The van der Waals surface area contributed by atoms with E-state index in [-0.39, 0.29) is 17.8 Å². The Kier molecular flexibility index (Phi) is 6.65. The molecule has 0 unspecified atom stereocenters. The molecule has 3 rings (SSSR count). The Balaban J connectivity index is 1.65. The molecule has 2 aromatic carbocycles. The third-order valence-corrected chi connectivity index (χ3v) is 4.79. The number of nitrogens with zero attached hydrogens (tertiary/aromatic N) is 2. The molecule has 0 fully saturated rings. The molecule has 31 heavy (non-hydrogen) atoms. The maximum Gasteiger partial charge on any atom is 0.338 e. The molecule has 0 aliphatic carbocycles. The summed E-state index contributed by atoms with van der Waals surface area (Å²) in [6.45, 7) is 6.91. The van der Waals surface area contributed by atoms with Crippen molar-refractivity contribution in [3.8, 4) is 5.69 Å². The minimum atomic E-state index is -0.455. The highest BCUT2D eigenvalue weighted by Gasteiger charge is 2.21. The van der Waals surface area contributed by atoms with Gasteiger partial charge in [-0.05, 0) is 76.2 Å². The minimum absolute atomic E-state index is 0.0178. The number of amides is 1. The molecule has 0 saturated carbocycles. The quantitative estimate of drug-likeness (QED) is 0.359. The fourth-order valence-corrected chi connectivity index (χ4v) is 2.97. The molecule has 1 N–H and O–H groups in total. The summed E-state index contributed by atoms with van der Waals surface area (Å²) in [5.41, 5.74) is 2.57. The second-order valence-electron chi connectivity index (χ2n) is 7.57. The van der Waals surface area contributed by atoms with E-state index in [4.69, 9.17) is 4.74 Å². The van der Waals surface area contributed by atoms with Crippen LogP contribution >= 0.6 is 0 Å². The standard InChI is InChI=1S/C24H25N3O4/c1-16(2)31-24(30)20-5-9-21(10-6-20)25-23(29)17(3)26-13-14-27(15-26)22-11-7-19(8-12-22)18(4)28/h5-17H,1-4H3/p+1/t17-/m0/s1. The van der Waals surface area contributed by atoms with Gasteiger partial charge in [0.2, 0.25) is 6.33 Å². The molecule has 0 bridgehead atoms. The van der Waals surface area contributed by atoms with E-state index in [2.05, 4.69) is 5.32 Å². The maximum absolute atomic E-state index is 12.7. The highest BCUT2D eigenvalue weighted by Crippen LogP contribution is 2.14. The number of carbonyl (C=O) groups is 3. The van der Waals surface area contributed by atoms with Gasteiger partial charge in [-0.3, -0.25) is 9.59 Å². The van der Waals surface area contributed by atoms with Gasteiger partial charge >= 0.3 is 5.97 Å². The van der Waals surface area contributed by atoms with Gasteiger partial charge in [0.1, 0.15) is 18.1 Å². The Bertz CT molecular complexity index is 1080. The first kappa shape index (κ1) is 22.0. The largest absolute Gasteiger partial charge is 0.459 e. The molecule has 160 valence electrons. The van der Waals surface area contributed by atoms with Crippen molar-refractivity contribution in [1.82, 2.24) is 4.57 Å². The summed E-state index contributed by atoms with van der Waals surface area (Å²) < 4.78 is 8.83. The number of Topliss-reactive ketones (excluding diaryl/α,β-unsaturated/α-hetero) is 1. The smallest absolute Gasteiger partial charge is 0.338 e. The van der Waals surface area contributed by atoms with Crippen molar-refractivity contribution in [2.24, 2.45) is 0 Å². The fraction of sp³-hybridized carbons (Fsp3) is 0.250. The Morgan fingerprint density at radius 1 is 0.935 bits per heavy atom. The van der Waals surface area contributed by atoms with Gasteiger partial charge in [-0.25, -0.2) is 13.9 Å². The van der Waals surface area contributed by atoms with Crippen LogP contribution in [0.25, 0.3) is 5.69 Å². The van der Waals surface area contributed by atoms with Crippen molar-refractivity contribution in [1.29, 1.82) is 0 Å². The first-order valence-corrected chi connectivity index (χ1v) is 10.1. The van der Waals surface area contributed by atoms with E-state index < -0.39 is 12.0 Å². The monoisotopic (exact) mass is 420 g/mol. The molecule has 1 atom stereocenters. The number of esters is 1. The number of carbonyl (C=O) groups excluding carboxylic acids is 3. The van der Waals surface area contributed by atoms with E-state index in [1.165, 1.54) is 6.92 Å². The second-order valence-corrected chi connectivity index (χ2v) is 7.57. The predicted molar refractivity (Wildman–Crippen MR) is 116 cm³/mol. The van der Waals surface area contributed by atoms with Crippen LogP contribution in [0, 0.1) is 0 Å². The number of rotatable bonds is 7. The lowest BCUT2D eigenvalue weighted by Gasteiger charge is -2.11. The van der Waals surface area contributed by atoms with Crippen LogP contribution in [0.1, 0.15) is 54.5 Å². The normalized spacial score (nSPS) is 11.8. The first-order chi connectivity index (χ1) is 14.7. The van der Waals surface area contributed by atoms with Crippen LogP contribution < -0.4 is 9.88 Å². The van der Waals surface area contributed by atoms with E-state index in [0.717, 1.165) is 5.69 Å². The summed E-state index contributed by atoms with van der Waals surface area (Å²) in [6.07, 6.45) is 5.29. The van der Waals surface area contributed by atoms with Gasteiger partial charge in [0.15, 0.2) is 11.8 Å². The van der Waals surface area contributed by atoms with Crippen LogP contribution in [0.2, 0.25) is 0 Å². The highest BCUT2D eigenvalue weighted by molar-refractivity contribution is 5.94. The summed E-state index contributed by atoms with van der Waals surface area (Å²) >= 11 is 0. The number of anilines is 1. The zero-order valence-electron chi connectivity index (χ0n) is 18.0. The summed E-state index contributed by atoms with van der Waals surface area (Å²) in [4.78, 5) is 36.0. The van der Waals surface area contributed by atoms with E-state index in [0.29, 0.717) is 16.8 Å². The van der Waals surface area contributed by atoms with Gasteiger partial charge < -0.3 is 10.1 Å². The van der Waals surface area contributed by atoms with Crippen molar-refractivity contribution in [3.05, 3.63) is 78.4 Å². The molecule has 3 aromatic rings. The maximum atomic E-state index is 12.7. The molecule has 0 radical (unpaired) electrons. The van der Waals surface area contributed by atoms with Crippen molar-refractivity contribution < 1.29 is 23.7 Å². The number of ketones is 1. The van der Waals surface area contributed by atoms with E-state index in [9.17, 15) is 14.4 Å². The van der Waals surface area contributed by atoms with Gasteiger partial charge in [-0.2, -0.15) is 0 Å². The Morgan fingerprint density at radius 3 is 2.13 bits per heavy atom. The van der Waals surface area contributed by atoms with E-state index in [1.807, 2.05) is 35.4 Å². The lowest BCUT2D eigenvalue weighted by Crippen LogP contribution is -2.43. The second kappa shape index (κ2) is 9.38. The Hall–Kier alpha value is -3.74. The average Bonchev–Trinajstić information content (AvgIpc) is 3.23. The van der Waals surface area contributed by atoms with Gasteiger partial charge in [0.05, 0.1) is 11.7 Å². The summed E-state index contributed by atoms with van der Waals surface area (Å²) in [7, 11) is 0. The van der Waals surface area contributed by atoms with Gasteiger partial charge in [-0.15, -0.1) is 0 Å². The molecular formula is C24H26N3O4+. The van der Waals surface area contributed by atoms with E-state index >= 15 is 0 Å². The molecule has 0 spiro atoms. The Labute approximate surface area is 181 Å². The van der Waals surface area contributed by atoms with Crippen LogP contribution in [0.15, 0.2) is 67.3 Å². The van der Waals surface area contributed by atoms with Crippen LogP contribution in [-0.4, -0.2) is 28.3 Å². The number of nitrogens with one attached hydrogen (secondary N) is 1. The van der Waals surface area contributed by atoms with Gasteiger partial charge in [0.25, 0.3) is 5.91 Å². The number of hydrogen-bond donors (Lipinski definition) is 1. The number of hydrogen-bond acceptors (Lipinski definition) is 4. The lowest BCUT2D eigenvalue weighted by atomic mass is 10.1. The minimum Gasteiger partial charge on any atom is -0.459 e. The summed E-state index contributed by atoms with van der Waals surface area (Å²) in [5, 5.41) is 2.86. The molecule has 7 nitrogen and oxygen atoms in total. The number of ether oxygens (including phenoxy) is 1.